The Kier molecular flexibility index (Phi) is 5.49. The van der Waals surface area contributed by atoms with Crippen LogP contribution < -0.4 is 5.32 Å². The second-order valence-electron chi connectivity index (χ2n) is 4.36. The van der Waals surface area contributed by atoms with Crippen LogP contribution in [0.4, 0.5) is 0 Å². The van der Waals surface area contributed by atoms with Crippen LogP contribution in [0.3, 0.4) is 0 Å². The summed E-state index contributed by atoms with van der Waals surface area (Å²) >= 11 is 2.04. The molecule has 0 aromatic rings. The Morgan fingerprint density at radius 1 is 1.47 bits per heavy atom. The van der Waals surface area contributed by atoms with E-state index in [1.807, 2.05) is 11.8 Å². The molecule has 0 bridgehead atoms. The van der Waals surface area contributed by atoms with Crippen LogP contribution in [0, 0.1) is 11.3 Å². The van der Waals surface area contributed by atoms with E-state index in [2.05, 4.69) is 25.2 Å². The van der Waals surface area contributed by atoms with Crippen molar-refractivity contribution in [1.29, 1.82) is 5.26 Å². The van der Waals surface area contributed by atoms with Crippen LogP contribution in [0.25, 0.3) is 0 Å². The summed E-state index contributed by atoms with van der Waals surface area (Å²) in [6.07, 6.45) is 5.62. The van der Waals surface area contributed by atoms with Crippen molar-refractivity contribution in [2.45, 2.75) is 56.7 Å². The fourth-order valence-electron chi connectivity index (χ4n) is 2.09. The molecule has 0 aromatic carbocycles. The molecule has 1 fully saturated rings. The van der Waals surface area contributed by atoms with Crippen molar-refractivity contribution in [2.24, 2.45) is 0 Å². The molecule has 0 spiro atoms. The van der Waals surface area contributed by atoms with Gasteiger partial charge in [-0.2, -0.15) is 17.0 Å². The molecule has 0 aliphatic heterocycles. The fourth-order valence-corrected chi connectivity index (χ4v) is 3.35. The number of nitrogens with one attached hydrogen (secondary N) is 1. The predicted octanol–water partition coefficient (Wildman–Crippen LogP) is 2.94. The first-order chi connectivity index (χ1) is 7.26. The second-order valence-corrected chi connectivity index (χ2v) is 5.76. The molecular weight excluding hydrogens is 204 g/mol. The zero-order valence-electron chi connectivity index (χ0n) is 9.88. The Morgan fingerprint density at radius 3 is 2.87 bits per heavy atom. The number of hydrogen-bond acceptors (Lipinski definition) is 3. The monoisotopic (exact) mass is 226 g/mol. The van der Waals surface area contributed by atoms with E-state index in [1.165, 1.54) is 18.6 Å². The van der Waals surface area contributed by atoms with Crippen molar-refractivity contribution < 1.29 is 0 Å². The molecule has 86 valence electrons. The van der Waals surface area contributed by atoms with Gasteiger partial charge in [0.15, 0.2) is 0 Å². The SMILES string of the molecule is CCCNC1(C#N)CCC(SCCC)C1. The number of hydrogen-bond donors (Lipinski definition) is 1. The van der Waals surface area contributed by atoms with Crippen molar-refractivity contribution >= 4 is 11.8 Å². The number of nitrogens with zero attached hydrogens (tertiary/aromatic N) is 1. The van der Waals surface area contributed by atoms with E-state index < -0.39 is 0 Å². The van der Waals surface area contributed by atoms with Gasteiger partial charge in [0.05, 0.1) is 6.07 Å². The summed E-state index contributed by atoms with van der Waals surface area (Å²) in [7, 11) is 0. The van der Waals surface area contributed by atoms with E-state index in [0.717, 1.165) is 25.8 Å². The Morgan fingerprint density at radius 2 is 2.27 bits per heavy atom. The summed E-state index contributed by atoms with van der Waals surface area (Å²) in [4.78, 5) is 0. The lowest BCUT2D eigenvalue weighted by atomic mass is 10.00. The first-order valence-electron chi connectivity index (χ1n) is 6.04. The molecule has 0 aromatic heterocycles. The minimum atomic E-state index is -0.207. The lowest BCUT2D eigenvalue weighted by Gasteiger charge is -2.22. The summed E-state index contributed by atoms with van der Waals surface area (Å²) < 4.78 is 0. The Hall–Kier alpha value is -0.200. The first-order valence-corrected chi connectivity index (χ1v) is 7.09. The molecule has 2 atom stereocenters. The Labute approximate surface area is 97.8 Å². The Balaban J connectivity index is 2.39. The van der Waals surface area contributed by atoms with Gasteiger partial charge >= 0.3 is 0 Å². The third-order valence-electron chi connectivity index (χ3n) is 2.95. The summed E-state index contributed by atoms with van der Waals surface area (Å²) in [5, 5.41) is 13.4. The van der Waals surface area contributed by atoms with Crippen LogP contribution >= 0.6 is 11.8 Å². The van der Waals surface area contributed by atoms with Gasteiger partial charge < -0.3 is 0 Å². The van der Waals surface area contributed by atoms with Gasteiger partial charge in [0, 0.05) is 5.25 Å². The molecule has 1 saturated carbocycles. The summed E-state index contributed by atoms with van der Waals surface area (Å²) in [6.45, 7) is 5.34. The van der Waals surface area contributed by atoms with Crippen molar-refractivity contribution in [3.8, 4) is 6.07 Å². The molecular formula is C12H22N2S. The molecule has 0 amide bonds. The lowest BCUT2D eigenvalue weighted by molar-refractivity contribution is 0.424. The smallest absolute Gasteiger partial charge is 0.107 e. The molecule has 0 saturated heterocycles. The highest BCUT2D eigenvalue weighted by Crippen LogP contribution is 2.36. The number of thioether (sulfide) groups is 1. The average Bonchev–Trinajstić information content (AvgIpc) is 2.68. The standard InChI is InChI=1S/C12H22N2S/c1-3-7-14-12(10-13)6-5-11(9-12)15-8-4-2/h11,14H,3-9H2,1-2H3. The lowest BCUT2D eigenvalue weighted by Crippen LogP contribution is -2.42. The molecule has 1 aliphatic rings. The van der Waals surface area contributed by atoms with Gasteiger partial charge in [-0.1, -0.05) is 13.8 Å². The topological polar surface area (TPSA) is 35.8 Å². The van der Waals surface area contributed by atoms with Crippen LogP contribution in [-0.4, -0.2) is 23.1 Å². The van der Waals surface area contributed by atoms with Gasteiger partial charge in [-0.3, -0.25) is 5.32 Å². The molecule has 2 unspecified atom stereocenters. The van der Waals surface area contributed by atoms with Crippen LogP contribution in [0.5, 0.6) is 0 Å². The molecule has 15 heavy (non-hydrogen) atoms. The quantitative estimate of drug-likeness (QED) is 0.756. The third kappa shape index (κ3) is 3.70. The maximum atomic E-state index is 9.26. The predicted molar refractivity (Wildman–Crippen MR) is 67.0 cm³/mol. The second kappa shape index (κ2) is 6.40. The molecule has 1 aliphatic carbocycles. The molecule has 0 heterocycles. The van der Waals surface area contributed by atoms with Gasteiger partial charge in [-0.05, 0) is 44.4 Å². The molecule has 1 N–H and O–H groups in total. The molecule has 0 radical (unpaired) electrons. The van der Waals surface area contributed by atoms with Gasteiger partial charge in [0.1, 0.15) is 5.54 Å². The van der Waals surface area contributed by atoms with E-state index in [0.29, 0.717) is 5.25 Å². The fraction of sp³-hybridized carbons (Fsp3) is 0.917. The summed E-state index contributed by atoms with van der Waals surface area (Å²) in [6, 6.07) is 2.49. The van der Waals surface area contributed by atoms with Crippen LogP contribution in [0.2, 0.25) is 0 Å². The minimum absolute atomic E-state index is 0.207. The van der Waals surface area contributed by atoms with E-state index in [1.54, 1.807) is 0 Å². The van der Waals surface area contributed by atoms with Crippen LogP contribution in [0.15, 0.2) is 0 Å². The summed E-state index contributed by atoms with van der Waals surface area (Å²) in [5.74, 6) is 1.24. The molecule has 2 nitrogen and oxygen atoms in total. The van der Waals surface area contributed by atoms with Gasteiger partial charge in [-0.15, -0.1) is 0 Å². The number of nitriles is 1. The van der Waals surface area contributed by atoms with Crippen LogP contribution in [0.1, 0.15) is 46.0 Å². The summed E-state index contributed by atoms with van der Waals surface area (Å²) in [5.41, 5.74) is -0.207. The molecule has 1 rings (SSSR count). The van der Waals surface area contributed by atoms with Crippen molar-refractivity contribution in [1.82, 2.24) is 5.32 Å². The highest BCUT2D eigenvalue weighted by Gasteiger charge is 2.38. The van der Waals surface area contributed by atoms with Crippen LogP contribution in [-0.2, 0) is 0 Å². The van der Waals surface area contributed by atoms with Crippen molar-refractivity contribution in [2.75, 3.05) is 12.3 Å². The van der Waals surface area contributed by atoms with E-state index in [4.69, 9.17) is 0 Å². The normalized spacial score (nSPS) is 30.3. The largest absolute Gasteiger partial charge is 0.299 e. The van der Waals surface area contributed by atoms with Gasteiger partial charge in [0.25, 0.3) is 0 Å². The third-order valence-corrected chi connectivity index (χ3v) is 4.47. The zero-order chi connectivity index (χ0) is 11.1. The minimum Gasteiger partial charge on any atom is -0.299 e. The van der Waals surface area contributed by atoms with Crippen molar-refractivity contribution in [3.05, 3.63) is 0 Å². The molecule has 3 heteroatoms. The number of rotatable bonds is 6. The highest BCUT2D eigenvalue weighted by molar-refractivity contribution is 7.99. The Bertz CT molecular complexity index is 224. The van der Waals surface area contributed by atoms with E-state index in [-0.39, 0.29) is 5.54 Å². The first kappa shape index (κ1) is 12.9. The van der Waals surface area contributed by atoms with E-state index in [9.17, 15) is 5.26 Å². The maximum absolute atomic E-state index is 9.26. The van der Waals surface area contributed by atoms with E-state index >= 15 is 0 Å². The highest BCUT2D eigenvalue weighted by atomic mass is 32.2. The zero-order valence-corrected chi connectivity index (χ0v) is 10.7. The maximum Gasteiger partial charge on any atom is 0.107 e. The van der Waals surface area contributed by atoms with Crippen molar-refractivity contribution in [3.63, 3.8) is 0 Å². The average molecular weight is 226 g/mol. The van der Waals surface area contributed by atoms with Gasteiger partial charge in [0.2, 0.25) is 0 Å². The van der Waals surface area contributed by atoms with Gasteiger partial charge in [-0.25, -0.2) is 0 Å².